The molecule has 3 unspecified atom stereocenters. The lowest BCUT2D eigenvalue weighted by atomic mass is 9.91. The van der Waals surface area contributed by atoms with Crippen molar-refractivity contribution >= 4 is 17.8 Å². The smallest absolute Gasteiger partial charge is 0.302 e. The molecule has 1 amide bonds. The summed E-state index contributed by atoms with van der Waals surface area (Å²) in [5.74, 6) is -1.14. The van der Waals surface area contributed by atoms with Crippen molar-refractivity contribution in [3.63, 3.8) is 0 Å². The summed E-state index contributed by atoms with van der Waals surface area (Å²) in [5.41, 5.74) is 2.75. The highest BCUT2D eigenvalue weighted by atomic mass is 16.6. The summed E-state index contributed by atoms with van der Waals surface area (Å²) < 4.78 is 11.1. The van der Waals surface area contributed by atoms with Crippen molar-refractivity contribution in [2.45, 2.75) is 124 Å². The Bertz CT molecular complexity index is 759. The number of carbonyl (C=O) groups excluding carboxylic acids is 3. The van der Waals surface area contributed by atoms with Crippen LogP contribution in [0.25, 0.3) is 0 Å². The van der Waals surface area contributed by atoms with Crippen LogP contribution in [-0.2, 0) is 36.7 Å². The van der Waals surface area contributed by atoms with Gasteiger partial charge in [0.1, 0.15) is 18.2 Å². The quantitative estimate of drug-likeness (QED) is 0.216. The standard InChI is InChI=1S/C29H47NO5/c1-7-8-9-11-14-25-17-19-26(20-18-25)15-12-10-13-16-27(34-23(5)32)28(30-22(4)31)29(21(2)3)35-24(6)33/h17-21,27-29H,7-16H2,1-6H3,(H,30,31). The molecule has 0 aliphatic carbocycles. The molecule has 35 heavy (non-hydrogen) atoms. The maximum Gasteiger partial charge on any atom is 0.302 e. The maximum atomic E-state index is 11.9. The number of ether oxygens (including phenoxy) is 2. The molecule has 1 aromatic rings. The van der Waals surface area contributed by atoms with Gasteiger partial charge in [-0.2, -0.15) is 0 Å². The minimum absolute atomic E-state index is 0.0524. The summed E-state index contributed by atoms with van der Waals surface area (Å²) in [7, 11) is 0. The SMILES string of the molecule is CCCCCCc1ccc(CCCCCC(OC(C)=O)C(NC(C)=O)C(OC(C)=O)C(C)C)cc1. The van der Waals surface area contributed by atoms with Gasteiger partial charge < -0.3 is 14.8 Å². The molecule has 0 radical (unpaired) electrons. The Kier molecular flexibility index (Phi) is 15.0. The molecule has 0 fully saturated rings. The lowest BCUT2D eigenvalue weighted by Gasteiger charge is -2.35. The topological polar surface area (TPSA) is 81.7 Å². The van der Waals surface area contributed by atoms with Crippen molar-refractivity contribution in [1.29, 1.82) is 0 Å². The Morgan fingerprint density at radius 1 is 0.771 bits per heavy atom. The van der Waals surface area contributed by atoms with Gasteiger partial charge in [0.15, 0.2) is 0 Å². The fraction of sp³-hybridized carbons (Fsp3) is 0.690. The first-order valence-electron chi connectivity index (χ1n) is 13.3. The third-order valence-electron chi connectivity index (χ3n) is 6.20. The first kappa shape index (κ1) is 30.7. The number of rotatable bonds is 17. The van der Waals surface area contributed by atoms with Crippen molar-refractivity contribution in [1.82, 2.24) is 5.32 Å². The summed E-state index contributed by atoms with van der Waals surface area (Å²) >= 11 is 0. The highest BCUT2D eigenvalue weighted by Crippen LogP contribution is 2.21. The van der Waals surface area contributed by atoms with E-state index in [1.54, 1.807) is 0 Å². The van der Waals surface area contributed by atoms with Crippen LogP contribution >= 0.6 is 0 Å². The van der Waals surface area contributed by atoms with Crippen molar-refractivity contribution in [3.8, 4) is 0 Å². The van der Waals surface area contributed by atoms with E-state index in [2.05, 4.69) is 36.5 Å². The van der Waals surface area contributed by atoms with E-state index >= 15 is 0 Å². The molecule has 3 atom stereocenters. The van der Waals surface area contributed by atoms with Crippen LogP contribution in [0.15, 0.2) is 24.3 Å². The summed E-state index contributed by atoms with van der Waals surface area (Å²) in [5, 5.41) is 2.87. The van der Waals surface area contributed by atoms with E-state index in [9.17, 15) is 14.4 Å². The number of hydrogen-bond donors (Lipinski definition) is 1. The average molecular weight is 490 g/mol. The normalized spacial score (nSPS) is 13.7. The zero-order valence-electron chi connectivity index (χ0n) is 22.7. The third-order valence-corrected chi connectivity index (χ3v) is 6.20. The van der Waals surface area contributed by atoms with Crippen LogP contribution in [0.3, 0.4) is 0 Å². The molecule has 0 bridgehead atoms. The Balaban J connectivity index is 2.64. The number of aryl methyl sites for hydroxylation is 2. The molecule has 0 aliphatic heterocycles. The van der Waals surface area contributed by atoms with Crippen LogP contribution in [0.5, 0.6) is 0 Å². The number of benzene rings is 1. The van der Waals surface area contributed by atoms with Gasteiger partial charge in [-0.25, -0.2) is 0 Å². The van der Waals surface area contributed by atoms with Gasteiger partial charge in [0.05, 0.1) is 0 Å². The van der Waals surface area contributed by atoms with Crippen molar-refractivity contribution < 1.29 is 23.9 Å². The van der Waals surface area contributed by atoms with E-state index < -0.39 is 30.2 Å². The van der Waals surface area contributed by atoms with Crippen LogP contribution in [-0.4, -0.2) is 36.1 Å². The molecule has 1 rings (SSSR count). The largest absolute Gasteiger partial charge is 0.460 e. The van der Waals surface area contributed by atoms with Crippen LogP contribution in [0.4, 0.5) is 0 Å². The summed E-state index contributed by atoms with van der Waals surface area (Å²) in [6.07, 6.45) is 9.58. The average Bonchev–Trinajstić information content (AvgIpc) is 2.78. The lowest BCUT2D eigenvalue weighted by Crippen LogP contribution is -2.54. The van der Waals surface area contributed by atoms with Crippen molar-refractivity contribution in [3.05, 3.63) is 35.4 Å². The zero-order valence-corrected chi connectivity index (χ0v) is 22.7. The first-order valence-corrected chi connectivity index (χ1v) is 13.3. The molecular weight excluding hydrogens is 442 g/mol. The molecule has 1 aromatic carbocycles. The van der Waals surface area contributed by atoms with Gasteiger partial charge in [-0.1, -0.05) is 70.7 Å². The fourth-order valence-electron chi connectivity index (χ4n) is 4.44. The molecule has 0 saturated carbocycles. The van der Waals surface area contributed by atoms with E-state index in [4.69, 9.17) is 9.47 Å². The van der Waals surface area contributed by atoms with Gasteiger partial charge in [-0.15, -0.1) is 0 Å². The first-order chi connectivity index (χ1) is 16.6. The number of esters is 2. The fourth-order valence-corrected chi connectivity index (χ4v) is 4.44. The third kappa shape index (κ3) is 13.3. The number of amides is 1. The Morgan fingerprint density at radius 3 is 1.71 bits per heavy atom. The molecule has 6 nitrogen and oxygen atoms in total. The summed E-state index contributed by atoms with van der Waals surface area (Å²) in [6.45, 7) is 10.2. The zero-order chi connectivity index (χ0) is 26.2. The highest BCUT2D eigenvalue weighted by Gasteiger charge is 2.36. The van der Waals surface area contributed by atoms with E-state index in [1.165, 1.54) is 57.6 Å². The predicted molar refractivity (Wildman–Crippen MR) is 140 cm³/mol. The van der Waals surface area contributed by atoms with E-state index in [-0.39, 0.29) is 11.8 Å². The van der Waals surface area contributed by atoms with Gasteiger partial charge in [-0.05, 0) is 55.6 Å². The Labute approximate surface area is 212 Å². The van der Waals surface area contributed by atoms with E-state index in [0.29, 0.717) is 6.42 Å². The minimum atomic E-state index is -0.592. The summed E-state index contributed by atoms with van der Waals surface area (Å²) in [6, 6.07) is 8.37. The molecule has 0 spiro atoms. The number of nitrogens with one attached hydrogen (secondary N) is 1. The van der Waals surface area contributed by atoms with E-state index in [1.807, 2.05) is 13.8 Å². The molecule has 0 saturated heterocycles. The summed E-state index contributed by atoms with van der Waals surface area (Å²) in [4.78, 5) is 35.4. The molecule has 0 aliphatic rings. The van der Waals surface area contributed by atoms with Gasteiger partial charge in [-0.3, -0.25) is 14.4 Å². The maximum absolute atomic E-state index is 11.9. The Hall–Kier alpha value is -2.37. The number of unbranched alkanes of at least 4 members (excludes halogenated alkanes) is 5. The van der Waals surface area contributed by atoms with Gasteiger partial charge in [0, 0.05) is 20.8 Å². The second-order valence-corrected chi connectivity index (χ2v) is 9.92. The predicted octanol–water partition coefficient (Wildman–Crippen LogP) is 5.94. The number of hydrogen-bond acceptors (Lipinski definition) is 5. The minimum Gasteiger partial charge on any atom is -0.460 e. The molecule has 6 heteroatoms. The monoisotopic (exact) mass is 489 g/mol. The second kappa shape index (κ2) is 17.1. The molecule has 1 N–H and O–H groups in total. The highest BCUT2D eigenvalue weighted by molar-refractivity contribution is 5.73. The van der Waals surface area contributed by atoms with Crippen molar-refractivity contribution in [2.24, 2.45) is 5.92 Å². The lowest BCUT2D eigenvalue weighted by molar-refractivity contribution is -0.160. The molecule has 0 aromatic heterocycles. The van der Waals surface area contributed by atoms with Gasteiger partial charge >= 0.3 is 11.9 Å². The van der Waals surface area contributed by atoms with Gasteiger partial charge in [0.25, 0.3) is 0 Å². The van der Waals surface area contributed by atoms with Crippen LogP contribution in [0, 0.1) is 5.92 Å². The molecule has 0 heterocycles. The molecular formula is C29H47NO5. The number of carbonyl (C=O) groups is 3. The van der Waals surface area contributed by atoms with Gasteiger partial charge in [0.2, 0.25) is 5.91 Å². The molecule has 198 valence electrons. The Morgan fingerprint density at radius 2 is 1.29 bits per heavy atom. The van der Waals surface area contributed by atoms with E-state index in [0.717, 1.165) is 32.1 Å². The second-order valence-electron chi connectivity index (χ2n) is 9.92. The van der Waals surface area contributed by atoms with Crippen LogP contribution < -0.4 is 5.32 Å². The van der Waals surface area contributed by atoms with Crippen LogP contribution in [0.2, 0.25) is 0 Å². The van der Waals surface area contributed by atoms with Crippen LogP contribution in [0.1, 0.15) is 104 Å². The van der Waals surface area contributed by atoms with Crippen molar-refractivity contribution in [2.75, 3.05) is 0 Å².